The third kappa shape index (κ3) is 2.37. The number of hydrogen-bond donors (Lipinski definition) is 0. The Hall–Kier alpha value is -2.57. The van der Waals surface area contributed by atoms with Gasteiger partial charge in [-0.1, -0.05) is 29.8 Å². The van der Waals surface area contributed by atoms with E-state index in [1.807, 2.05) is 36.2 Å². The maximum atomic E-state index is 13.4. The number of carbonyl (C=O) groups is 2. The Balaban J connectivity index is 1.57. The van der Waals surface area contributed by atoms with Gasteiger partial charge in [-0.3, -0.25) is 9.59 Å². The van der Waals surface area contributed by atoms with Gasteiger partial charge in [-0.2, -0.15) is 0 Å². The number of hydrogen-bond acceptors (Lipinski definition) is 4. The zero-order valence-corrected chi connectivity index (χ0v) is 15.0. The SMILES string of the molecule is Cc1ccc(N2C(=O)C3C(C2=O)N2CCCN2C3c2ccc(F)cc2)cc1. The van der Waals surface area contributed by atoms with Gasteiger partial charge in [0, 0.05) is 13.1 Å². The van der Waals surface area contributed by atoms with Crippen LogP contribution in [0.1, 0.15) is 23.6 Å². The van der Waals surface area contributed by atoms with Gasteiger partial charge in [0.2, 0.25) is 5.91 Å². The number of hydrazine groups is 1. The van der Waals surface area contributed by atoms with Gasteiger partial charge in [-0.25, -0.2) is 19.3 Å². The fourth-order valence-corrected chi connectivity index (χ4v) is 4.72. The monoisotopic (exact) mass is 365 g/mol. The molecule has 27 heavy (non-hydrogen) atoms. The van der Waals surface area contributed by atoms with E-state index >= 15 is 0 Å². The molecule has 3 unspecified atom stereocenters. The first-order chi connectivity index (χ1) is 13.1. The Morgan fingerprint density at radius 2 is 1.48 bits per heavy atom. The summed E-state index contributed by atoms with van der Waals surface area (Å²) in [6, 6.07) is 13.0. The molecule has 2 amide bonds. The number of anilines is 1. The van der Waals surface area contributed by atoms with Crippen molar-refractivity contribution < 1.29 is 14.0 Å². The van der Waals surface area contributed by atoms with Crippen molar-refractivity contribution in [3.05, 3.63) is 65.5 Å². The van der Waals surface area contributed by atoms with E-state index in [2.05, 4.69) is 5.01 Å². The summed E-state index contributed by atoms with van der Waals surface area (Å²) in [5, 5.41) is 4.18. The lowest BCUT2D eigenvalue weighted by atomic mass is 9.90. The fourth-order valence-electron chi connectivity index (χ4n) is 4.72. The summed E-state index contributed by atoms with van der Waals surface area (Å²) in [6.07, 6.45) is 0.951. The first-order valence-electron chi connectivity index (χ1n) is 9.29. The zero-order valence-electron chi connectivity index (χ0n) is 15.0. The van der Waals surface area contributed by atoms with Crippen molar-refractivity contribution in [2.45, 2.75) is 25.4 Å². The summed E-state index contributed by atoms with van der Waals surface area (Å²) in [7, 11) is 0. The molecule has 6 heteroatoms. The molecular weight excluding hydrogens is 345 g/mol. The molecule has 0 N–H and O–H groups in total. The molecule has 3 fully saturated rings. The number of nitrogens with zero attached hydrogens (tertiary/aromatic N) is 3. The topological polar surface area (TPSA) is 43.9 Å². The highest BCUT2D eigenvalue weighted by atomic mass is 19.1. The van der Waals surface area contributed by atoms with Crippen molar-refractivity contribution in [1.82, 2.24) is 10.0 Å². The number of aryl methyl sites for hydroxylation is 1. The van der Waals surface area contributed by atoms with Crippen LogP contribution in [0.25, 0.3) is 0 Å². The van der Waals surface area contributed by atoms with E-state index in [4.69, 9.17) is 0 Å². The number of amides is 2. The fraction of sp³-hybridized carbons (Fsp3) is 0.333. The van der Waals surface area contributed by atoms with Crippen molar-refractivity contribution in [3.63, 3.8) is 0 Å². The van der Waals surface area contributed by atoms with Crippen LogP contribution in [0.3, 0.4) is 0 Å². The molecule has 3 aliphatic heterocycles. The van der Waals surface area contributed by atoms with Gasteiger partial charge in [-0.05, 0) is 43.2 Å². The van der Waals surface area contributed by atoms with Crippen LogP contribution in [-0.2, 0) is 9.59 Å². The molecule has 0 bridgehead atoms. The molecule has 0 radical (unpaired) electrons. The number of fused-ring (bicyclic) bond motifs is 3. The Labute approximate surface area is 156 Å². The third-order valence-electron chi connectivity index (χ3n) is 5.91. The molecule has 0 saturated carbocycles. The van der Waals surface area contributed by atoms with Crippen molar-refractivity contribution in [2.75, 3.05) is 18.0 Å². The summed E-state index contributed by atoms with van der Waals surface area (Å²) in [5.41, 5.74) is 2.57. The summed E-state index contributed by atoms with van der Waals surface area (Å²) < 4.78 is 13.4. The first kappa shape index (κ1) is 16.6. The van der Waals surface area contributed by atoms with E-state index in [9.17, 15) is 14.0 Å². The Morgan fingerprint density at radius 3 is 2.15 bits per heavy atom. The molecule has 0 spiro atoms. The van der Waals surface area contributed by atoms with E-state index in [1.54, 1.807) is 12.1 Å². The largest absolute Gasteiger partial charge is 0.274 e. The van der Waals surface area contributed by atoms with E-state index in [-0.39, 0.29) is 23.7 Å². The van der Waals surface area contributed by atoms with Crippen molar-refractivity contribution in [2.24, 2.45) is 5.92 Å². The minimum Gasteiger partial charge on any atom is -0.274 e. The second-order valence-corrected chi connectivity index (χ2v) is 7.49. The highest BCUT2D eigenvalue weighted by Crippen LogP contribution is 2.48. The summed E-state index contributed by atoms with van der Waals surface area (Å²) in [6.45, 7) is 3.54. The summed E-state index contributed by atoms with van der Waals surface area (Å²) in [5.74, 6) is -1.10. The van der Waals surface area contributed by atoms with E-state index in [1.165, 1.54) is 17.0 Å². The summed E-state index contributed by atoms with van der Waals surface area (Å²) in [4.78, 5) is 27.9. The molecule has 2 aromatic carbocycles. The number of carbonyl (C=O) groups excluding carboxylic acids is 2. The van der Waals surface area contributed by atoms with E-state index in [0.29, 0.717) is 5.69 Å². The van der Waals surface area contributed by atoms with Gasteiger partial charge in [-0.15, -0.1) is 0 Å². The minimum atomic E-state index is -0.476. The zero-order chi connectivity index (χ0) is 18.7. The molecule has 5 rings (SSSR count). The van der Waals surface area contributed by atoms with Crippen molar-refractivity contribution in [1.29, 1.82) is 0 Å². The van der Waals surface area contributed by atoms with Crippen LogP contribution in [-0.4, -0.2) is 41.0 Å². The molecule has 3 heterocycles. The molecule has 2 aromatic rings. The molecule has 138 valence electrons. The van der Waals surface area contributed by atoms with Crippen molar-refractivity contribution >= 4 is 17.5 Å². The number of imide groups is 1. The highest BCUT2D eigenvalue weighted by Gasteiger charge is 2.62. The van der Waals surface area contributed by atoms with Crippen molar-refractivity contribution in [3.8, 4) is 0 Å². The van der Waals surface area contributed by atoms with Crippen LogP contribution in [0.5, 0.6) is 0 Å². The van der Waals surface area contributed by atoms with Crippen LogP contribution >= 0.6 is 0 Å². The number of rotatable bonds is 2. The van der Waals surface area contributed by atoms with E-state index < -0.39 is 12.0 Å². The molecule has 3 aliphatic rings. The minimum absolute atomic E-state index is 0.162. The van der Waals surface area contributed by atoms with E-state index in [0.717, 1.165) is 30.6 Å². The third-order valence-corrected chi connectivity index (χ3v) is 5.91. The lowest BCUT2D eigenvalue weighted by Gasteiger charge is -2.29. The molecule has 0 aromatic heterocycles. The number of halogens is 1. The Morgan fingerprint density at radius 1 is 0.852 bits per heavy atom. The summed E-state index contributed by atoms with van der Waals surface area (Å²) >= 11 is 0. The van der Waals surface area contributed by atoms with Crippen LogP contribution in [0, 0.1) is 18.7 Å². The predicted octanol–water partition coefficient (Wildman–Crippen LogP) is 2.67. The standard InChI is InChI=1S/C21H20FN3O2/c1-13-3-9-16(10-4-13)25-20(26)17-18(14-5-7-15(22)8-6-14)23-11-2-12-24(23)19(17)21(25)27/h3-10,17-19H,2,11-12H2,1H3. The maximum Gasteiger partial charge on any atom is 0.253 e. The lowest BCUT2D eigenvalue weighted by Crippen LogP contribution is -2.44. The molecule has 0 aliphatic carbocycles. The predicted molar refractivity (Wildman–Crippen MR) is 98.1 cm³/mol. The van der Waals surface area contributed by atoms with Crippen LogP contribution in [0.15, 0.2) is 48.5 Å². The van der Waals surface area contributed by atoms with Crippen LogP contribution < -0.4 is 4.90 Å². The normalized spacial score (nSPS) is 28.1. The molecular formula is C21H20FN3O2. The van der Waals surface area contributed by atoms with Crippen LogP contribution in [0.2, 0.25) is 0 Å². The smallest absolute Gasteiger partial charge is 0.253 e. The number of benzene rings is 2. The Kier molecular flexibility index (Phi) is 3.67. The average molecular weight is 365 g/mol. The first-order valence-corrected chi connectivity index (χ1v) is 9.29. The van der Waals surface area contributed by atoms with Gasteiger partial charge in [0.05, 0.1) is 17.6 Å². The molecule has 5 nitrogen and oxygen atoms in total. The highest BCUT2D eigenvalue weighted by molar-refractivity contribution is 6.24. The molecule has 3 saturated heterocycles. The second-order valence-electron chi connectivity index (χ2n) is 7.49. The Bertz CT molecular complexity index is 912. The van der Waals surface area contributed by atoms with Gasteiger partial charge in [0.1, 0.15) is 11.9 Å². The average Bonchev–Trinajstić information content (AvgIpc) is 3.30. The molecule has 3 atom stereocenters. The van der Waals surface area contributed by atoms with Gasteiger partial charge < -0.3 is 0 Å². The quantitative estimate of drug-likeness (QED) is 0.768. The van der Waals surface area contributed by atoms with Crippen LogP contribution in [0.4, 0.5) is 10.1 Å². The van der Waals surface area contributed by atoms with Gasteiger partial charge in [0.15, 0.2) is 0 Å². The van der Waals surface area contributed by atoms with Gasteiger partial charge >= 0.3 is 0 Å². The lowest BCUT2D eigenvalue weighted by molar-refractivity contribution is -0.126. The van der Waals surface area contributed by atoms with Gasteiger partial charge in [0.25, 0.3) is 5.91 Å². The second kappa shape index (κ2) is 5.97. The maximum absolute atomic E-state index is 13.4.